The fourth-order valence-corrected chi connectivity index (χ4v) is 3.00. The monoisotopic (exact) mass is 240 g/mol. The van der Waals surface area contributed by atoms with Gasteiger partial charge in [0.15, 0.2) is 0 Å². The van der Waals surface area contributed by atoms with E-state index in [4.69, 9.17) is 0 Å². The van der Waals surface area contributed by atoms with Crippen molar-refractivity contribution < 1.29 is 4.79 Å². The summed E-state index contributed by atoms with van der Waals surface area (Å²) in [5.41, 5.74) is 0.643. The SMILES string of the molecule is C=C(C)C(=O)SC(CC)Cc1cccs1. The molecule has 0 bridgehead atoms. The molecule has 0 saturated carbocycles. The molecular formula is C12H16OS2. The van der Waals surface area contributed by atoms with E-state index < -0.39 is 0 Å². The van der Waals surface area contributed by atoms with Crippen molar-refractivity contribution in [2.24, 2.45) is 0 Å². The molecule has 1 atom stereocenters. The van der Waals surface area contributed by atoms with Gasteiger partial charge in [0.05, 0.1) is 0 Å². The molecule has 3 heteroatoms. The van der Waals surface area contributed by atoms with E-state index >= 15 is 0 Å². The normalized spacial score (nSPS) is 12.4. The van der Waals surface area contributed by atoms with Gasteiger partial charge >= 0.3 is 0 Å². The van der Waals surface area contributed by atoms with Crippen LogP contribution in [0.1, 0.15) is 25.1 Å². The average Bonchev–Trinajstić information content (AvgIpc) is 2.69. The van der Waals surface area contributed by atoms with Gasteiger partial charge in [0, 0.05) is 10.1 Å². The number of rotatable bonds is 5. The van der Waals surface area contributed by atoms with Crippen LogP contribution in [0.3, 0.4) is 0 Å². The zero-order valence-electron chi connectivity index (χ0n) is 9.16. The predicted octanol–water partition coefficient (Wildman–Crippen LogP) is 3.91. The van der Waals surface area contributed by atoms with Crippen LogP contribution in [-0.2, 0) is 11.2 Å². The molecular weight excluding hydrogens is 224 g/mol. The van der Waals surface area contributed by atoms with Crippen LogP contribution in [0.15, 0.2) is 29.7 Å². The van der Waals surface area contributed by atoms with E-state index in [9.17, 15) is 4.79 Å². The summed E-state index contributed by atoms with van der Waals surface area (Å²) in [5, 5.41) is 2.58. The zero-order valence-corrected chi connectivity index (χ0v) is 10.8. The fraction of sp³-hybridized carbons (Fsp3) is 0.417. The lowest BCUT2D eigenvalue weighted by Gasteiger charge is -2.11. The molecule has 1 nitrogen and oxygen atoms in total. The molecule has 0 fully saturated rings. The first-order chi connectivity index (χ1) is 7.13. The van der Waals surface area contributed by atoms with Gasteiger partial charge in [0.25, 0.3) is 0 Å². The van der Waals surface area contributed by atoms with Crippen LogP contribution in [0.25, 0.3) is 0 Å². The maximum atomic E-state index is 11.5. The van der Waals surface area contributed by atoms with Crippen molar-refractivity contribution in [3.8, 4) is 0 Å². The Hall–Kier alpha value is -0.540. The summed E-state index contributed by atoms with van der Waals surface area (Å²) in [4.78, 5) is 12.9. The summed E-state index contributed by atoms with van der Waals surface area (Å²) in [6.45, 7) is 7.56. The number of hydrogen-bond donors (Lipinski definition) is 0. The number of thioether (sulfide) groups is 1. The highest BCUT2D eigenvalue weighted by molar-refractivity contribution is 8.14. The molecule has 0 aliphatic carbocycles. The highest BCUT2D eigenvalue weighted by Gasteiger charge is 2.14. The van der Waals surface area contributed by atoms with Gasteiger partial charge in [-0.25, -0.2) is 0 Å². The minimum atomic E-state index is 0.124. The third-order valence-corrected chi connectivity index (χ3v) is 4.38. The van der Waals surface area contributed by atoms with E-state index in [0.717, 1.165) is 12.8 Å². The summed E-state index contributed by atoms with van der Waals surface area (Å²) in [5.74, 6) is 0. The zero-order chi connectivity index (χ0) is 11.3. The highest BCUT2D eigenvalue weighted by atomic mass is 32.2. The summed E-state index contributed by atoms with van der Waals surface area (Å²) < 4.78 is 0. The molecule has 82 valence electrons. The lowest BCUT2D eigenvalue weighted by atomic mass is 10.2. The first-order valence-corrected chi connectivity index (χ1v) is 6.78. The van der Waals surface area contributed by atoms with Crippen LogP contribution in [0, 0.1) is 0 Å². The number of hydrogen-bond acceptors (Lipinski definition) is 3. The molecule has 1 aromatic heterocycles. The van der Waals surface area contributed by atoms with Gasteiger partial charge in [-0.2, -0.15) is 0 Å². The first-order valence-electron chi connectivity index (χ1n) is 5.02. The minimum absolute atomic E-state index is 0.124. The second-order valence-electron chi connectivity index (χ2n) is 3.50. The van der Waals surface area contributed by atoms with E-state index in [0.29, 0.717) is 10.8 Å². The lowest BCUT2D eigenvalue weighted by molar-refractivity contribution is -0.107. The van der Waals surface area contributed by atoms with Crippen molar-refractivity contribution in [3.63, 3.8) is 0 Å². The molecule has 1 heterocycles. The Balaban J connectivity index is 2.50. The Kier molecular flexibility index (Phi) is 5.12. The van der Waals surface area contributed by atoms with E-state index in [1.54, 1.807) is 18.3 Å². The van der Waals surface area contributed by atoms with Crippen molar-refractivity contribution in [1.29, 1.82) is 0 Å². The van der Waals surface area contributed by atoms with Gasteiger partial charge in [-0.05, 0) is 36.8 Å². The second-order valence-corrected chi connectivity index (χ2v) is 5.80. The van der Waals surface area contributed by atoms with Crippen LogP contribution in [0.4, 0.5) is 0 Å². The third-order valence-electron chi connectivity index (χ3n) is 2.09. The van der Waals surface area contributed by atoms with Gasteiger partial charge < -0.3 is 0 Å². The van der Waals surface area contributed by atoms with Crippen LogP contribution in [0.5, 0.6) is 0 Å². The van der Waals surface area contributed by atoms with Crippen LogP contribution >= 0.6 is 23.1 Å². The Morgan fingerprint density at radius 3 is 2.87 bits per heavy atom. The van der Waals surface area contributed by atoms with Crippen molar-refractivity contribution >= 4 is 28.2 Å². The van der Waals surface area contributed by atoms with Gasteiger partial charge in [0.1, 0.15) is 0 Å². The molecule has 0 aromatic carbocycles. The first kappa shape index (κ1) is 12.5. The van der Waals surface area contributed by atoms with Gasteiger partial charge in [-0.3, -0.25) is 4.79 Å². The standard InChI is InChI=1S/C12H16OS2/c1-4-10(15-12(13)9(2)3)8-11-6-5-7-14-11/h5-7,10H,2,4,8H2,1,3H3. The van der Waals surface area contributed by atoms with Crippen molar-refractivity contribution in [2.45, 2.75) is 31.9 Å². The molecule has 1 rings (SSSR count). The predicted molar refractivity (Wildman–Crippen MR) is 69.5 cm³/mol. The lowest BCUT2D eigenvalue weighted by Crippen LogP contribution is -2.08. The molecule has 0 radical (unpaired) electrons. The average molecular weight is 240 g/mol. The van der Waals surface area contributed by atoms with Crippen LogP contribution < -0.4 is 0 Å². The molecule has 0 aliphatic rings. The molecule has 1 unspecified atom stereocenters. The third kappa shape index (κ3) is 4.22. The fourth-order valence-electron chi connectivity index (χ4n) is 1.17. The van der Waals surface area contributed by atoms with E-state index in [-0.39, 0.29) is 5.12 Å². The number of thiophene rings is 1. The smallest absolute Gasteiger partial charge is 0.214 e. The minimum Gasteiger partial charge on any atom is -0.282 e. The number of carbonyl (C=O) groups excluding carboxylic acids is 1. The Bertz CT molecular complexity index is 327. The maximum Gasteiger partial charge on any atom is 0.214 e. The van der Waals surface area contributed by atoms with Crippen molar-refractivity contribution in [2.75, 3.05) is 0 Å². The molecule has 0 amide bonds. The Labute approximate surface area is 99.6 Å². The summed E-state index contributed by atoms with van der Waals surface area (Å²) >= 11 is 3.17. The molecule has 0 saturated heterocycles. The molecule has 0 spiro atoms. The molecule has 1 aromatic rings. The van der Waals surface area contributed by atoms with Gasteiger partial charge in [-0.15, -0.1) is 11.3 Å². The number of carbonyl (C=O) groups is 1. The largest absolute Gasteiger partial charge is 0.282 e. The summed E-state index contributed by atoms with van der Waals surface area (Å²) in [7, 11) is 0. The Morgan fingerprint density at radius 1 is 1.67 bits per heavy atom. The van der Waals surface area contributed by atoms with Gasteiger partial charge in [-0.1, -0.05) is 31.3 Å². The van der Waals surface area contributed by atoms with Crippen molar-refractivity contribution in [1.82, 2.24) is 0 Å². The molecule has 15 heavy (non-hydrogen) atoms. The highest BCUT2D eigenvalue weighted by Crippen LogP contribution is 2.24. The van der Waals surface area contributed by atoms with Gasteiger partial charge in [0.2, 0.25) is 5.12 Å². The van der Waals surface area contributed by atoms with E-state index in [1.807, 2.05) is 0 Å². The Morgan fingerprint density at radius 2 is 2.40 bits per heavy atom. The molecule has 0 N–H and O–H groups in total. The van der Waals surface area contributed by atoms with Crippen LogP contribution in [-0.4, -0.2) is 10.4 Å². The van der Waals surface area contributed by atoms with Crippen molar-refractivity contribution in [3.05, 3.63) is 34.5 Å². The quantitative estimate of drug-likeness (QED) is 0.726. The summed E-state index contributed by atoms with van der Waals surface area (Å²) in [6, 6.07) is 4.18. The van der Waals surface area contributed by atoms with E-state index in [2.05, 4.69) is 31.0 Å². The van der Waals surface area contributed by atoms with Crippen LogP contribution in [0.2, 0.25) is 0 Å². The topological polar surface area (TPSA) is 17.1 Å². The van der Waals surface area contributed by atoms with E-state index in [1.165, 1.54) is 16.6 Å². The second kappa shape index (κ2) is 6.13. The molecule has 0 aliphatic heterocycles. The maximum absolute atomic E-state index is 11.5. The summed E-state index contributed by atoms with van der Waals surface area (Å²) in [6.07, 6.45) is 2.00.